The molecule has 3 aromatic heterocycles. The molecule has 4 aromatic rings. The third-order valence-electron chi connectivity index (χ3n) is 5.07. The van der Waals surface area contributed by atoms with Crippen LogP contribution in [-0.4, -0.2) is 27.5 Å². The van der Waals surface area contributed by atoms with E-state index in [9.17, 15) is 0 Å². The van der Waals surface area contributed by atoms with E-state index in [1.54, 1.807) is 0 Å². The van der Waals surface area contributed by atoms with Crippen LogP contribution < -0.4 is 5.32 Å². The van der Waals surface area contributed by atoms with Crippen molar-refractivity contribution in [3.05, 3.63) is 48.4 Å². The second-order valence-corrected chi connectivity index (χ2v) is 8.02. The average Bonchev–Trinajstić information content (AvgIpc) is 3.24. The number of aromatic nitrogens is 3. The minimum Gasteiger partial charge on any atom is -0.351 e. The van der Waals surface area contributed by atoms with Crippen molar-refractivity contribution in [3.63, 3.8) is 0 Å². The normalized spacial score (nSPS) is 21.2. The van der Waals surface area contributed by atoms with E-state index in [-0.39, 0.29) is 0 Å². The molecule has 126 valence electrons. The van der Waals surface area contributed by atoms with Crippen molar-refractivity contribution >= 4 is 32.5 Å². The Kier molecular flexibility index (Phi) is 3.57. The highest BCUT2D eigenvalue weighted by Gasteiger charge is 2.22. The van der Waals surface area contributed by atoms with Crippen molar-refractivity contribution in [2.45, 2.75) is 31.7 Å². The Morgan fingerprint density at radius 1 is 1.20 bits per heavy atom. The summed E-state index contributed by atoms with van der Waals surface area (Å²) < 4.78 is 1.31. The van der Waals surface area contributed by atoms with Crippen LogP contribution in [0.15, 0.2) is 42.6 Å². The number of nitrogens with zero attached hydrogens (tertiary/aromatic N) is 2. The van der Waals surface area contributed by atoms with Crippen LogP contribution in [-0.2, 0) is 0 Å². The zero-order valence-electron chi connectivity index (χ0n) is 14.1. The quantitative estimate of drug-likeness (QED) is 0.552. The van der Waals surface area contributed by atoms with Gasteiger partial charge in [-0.1, -0.05) is 18.2 Å². The van der Waals surface area contributed by atoms with Gasteiger partial charge in [-0.2, -0.15) is 0 Å². The molecule has 0 radical (unpaired) electrons. The Labute approximate surface area is 150 Å². The lowest BCUT2D eigenvalue weighted by atomic mass is 9.92. The lowest BCUT2D eigenvalue weighted by Crippen LogP contribution is -2.35. The second-order valence-electron chi connectivity index (χ2n) is 6.94. The fraction of sp³-hybridized carbons (Fsp3) is 0.300. The van der Waals surface area contributed by atoms with Crippen LogP contribution in [0.3, 0.4) is 0 Å². The molecule has 5 heteroatoms. The molecule has 4 heterocycles. The first-order valence-electron chi connectivity index (χ1n) is 8.84. The fourth-order valence-corrected chi connectivity index (χ4v) is 4.78. The minimum atomic E-state index is 0.461. The van der Waals surface area contributed by atoms with Crippen molar-refractivity contribution in [2.75, 3.05) is 6.54 Å². The largest absolute Gasteiger partial charge is 0.351 e. The lowest BCUT2D eigenvalue weighted by Gasteiger charge is -2.26. The Balaban J connectivity index is 1.53. The first-order chi connectivity index (χ1) is 12.3. The highest BCUT2D eigenvalue weighted by Crippen LogP contribution is 2.34. The van der Waals surface area contributed by atoms with Crippen molar-refractivity contribution < 1.29 is 0 Å². The molecule has 1 aromatic carbocycles. The average molecular weight is 348 g/mol. The van der Waals surface area contributed by atoms with Gasteiger partial charge in [0.1, 0.15) is 5.82 Å². The third kappa shape index (κ3) is 2.73. The van der Waals surface area contributed by atoms with Crippen LogP contribution >= 0.6 is 11.3 Å². The van der Waals surface area contributed by atoms with Gasteiger partial charge in [-0.15, -0.1) is 11.3 Å². The summed E-state index contributed by atoms with van der Waals surface area (Å²) in [6, 6.07) is 13.5. The number of rotatable bonds is 2. The lowest BCUT2D eigenvalue weighted by molar-refractivity contribution is 0.371. The first kappa shape index (κ1) is 15.0. The molecular weight excluding hydrogens is 328 g/mol. The van der Waals surface area contributed by atoms with Gasteiger partial charge in [0.15, 0.2) is 0 Å². The Hall–Kier alpha value is -2.24. The van der Waals surface area contributed by atoms with Gasteiger partial charge in [0.05, 0.1) is 27.8 Å². The number of aromatic amines is 1. The molecule has 1 saturated heterocycles. The van der Waals surface area contributed by atoms with Gasteiger partial charge < -0.3 is 10.3 Å². The molecule has 1 aliphatic heterocycles. The summed E-state index contributed by atoms with van der Waals surface area (Å²) >= 11 is 1.81. The number of hydrogen-bond acceptors (Lipinski definition) is 4. The second kappa shape index (κ2) is 5.93. The van der Waals surface area contributed by atoms with E-state index in [4.69, 9.17) is 4.98 Å². The molecule has 4 nitrogen and oxygen atoms in total. The van der Waals surface area contributed by atoms with Gasteiger partial charge in [-0.25, -0.2) is 9.97 Å². The van der Waals surface area contributed by atoms with Crippen LogP contribution in [0.25, 0.3) is 31.7 Å². The summed E-state index contributed by atoms with van der Waals surface area (Å²) in [5, 5.41) is 4.79. The molecule has 5 rings (SSSR count). The van der Waals surface area contributed by atoms with E-state index < -0.39 is 0 Å². The van der Waals surface area contributed by atoms with E-state index in [0.717, 1.165) is 41.9 Å². The van der Waals surface area contributed by atoms with Gasteiger partial charge in [0, 0.05) is 16.7 Å². The SMILES string of the molecule is CC1CC(c2ncc3[nH]c(-c4cc5ccccc5s4)cc3n2)CCN1. The van der Waals surface area contributed by atoms with Crippen LogP contribution in [0.4, 0.5) is 0 Å². The van der Waals surface area contributed by atoms with E-state index in [0.29, 0.717) is 12.0 Å². The zero-order valence-corrected chi connectivity index (χ0v) is 14.9. The summed E-state index contributed by atoms with van der Waals surface area (Å²) in [7, 11) is 0. The number of piperidine rings is 1. The van der Waals surface area contributed by atoms with Crippen LogP contribution in [0.1, 0.15) is 31.5 Å². The third-order valence-corrected chi connectivity index (χ3v) is 6.22. The van der Waals surface area contributed by atoms with Gasteiger partial charge >= 0.3 is 0 Å². The van der Waals surface area contributed by atoms with Crippen molar-refractivity contribution in [1.82, 2.24) is 20.3 Å². The molecule has 0 spiro atoms. The Morgan fingerprint density at radius 2 is 2.12 bits per heavy atom. The van der Waals surface area contributed by atoms with Crippen LogP contribution in [0, 0.1) is 0 Å². The van der Waals surface area contributed by atoms with E-state index in [1.165, 1.54) is 15.0 Å². The molecule has 1 fully saturated rings. The van der Waals surface area contributed by atoms with E-state index >= 15 is 0 Å². The minimum absolute atomic E-state index is 0.461. The van der Waals surface area contributed by atoms with Gasteiger partial charge in [0.2, 0.25) is 0 Å². The molecule has 2 N–H and O–H groups in total. The van der Waals surface area contributed by atoms with Crippen molar-refractivity contribution in [1.29, 1.82) is 0 Å². The molecular formula is C20H20N4S. The molecule has 25 heavy (non-hydrogen) atoms. The van der Waals surface area contributed by atoms with Gasteiger partial charge in [-0.05, 0) is 49.9 Å². The molecule has 2 unspecified atom stereocenters. The van der Waals surface area contributed by atoms with Gasteiger partial charge in [-0.3, -0.25) is 0 Å². The van der Waals surface area contributed by atoms with Crippen molar-refractivity contribution in [2.24, 2.45) is 0 Å². The molecule has 1 aliphatic rings. The highest BCUT2D eigenvalue weighted by molar-refractivity contribution is 7.22. The Bertz CT molecular complexity index is 1020. The predicted octanol–water partition coefficient (Wildman–Crippen LogP) is 4.70. The number of hydrogen-bond donors (Lipinski definition) is 2. The summed E-state index contributed by atoms with van der Waals surface area (Å²) in [6.07, 6.45) is 4.17. The summed E-state index contributed by atoms with van der Waals surface area (Å²) in [4.78, 5) is 14.2. The van der Waals surface area contributed by atoms with E-state index in [2.05, 4.69) is 58.6 Å². The maximum Gasteiger partial charge on any atom is 0.132 e. The molecule has 0 amide bonds. The molecule has 2 atom stereocenters. The highest BCUT2D eigenvalue weighted by atomic mass is 32.1. The molecule has 0 aliphatic carbocycles. The number of H-pyrrole nitrogens is 1. The molecule has 0 bridgehead atoms. The maximum absolute atomic E-state index is 4.87. The summed E-state index contributed by atoms with van der Waals surface area (Å²) in [5.41, 5.74) is 3.16. The standard InChI is InChI=1S/C20H20N4S/c1-12-8-14(6-7-21-12)20-22-11-17-15(24-20)10-16(23-17)19-9-13-4-2-3-5-18(13)25-19/h2-5,9-12,14,21,23H,6-8H2,1H3. The zero-order chi connectivity index (χ0) is 16.8. The molecule has 0 saturated carbocycles. The number of fused-ring (bicyclic) bond motifs is 2. The smallest absolute Gasteiger partial charge is 0.132 e. The Morgan fingerprint density at radius 3 is 3.00 bits per heavy atom. The predicted molar refractivity (Wildman–Crippen MR) is 104 cm³/mol. The topological polar surface area (TPSA) is 53.6 Å². The summed E-state index contributed by atoms with van der Waals surface area (Å²) in [5.74, 6) is 1.45. The van der Waals surface area contributed by atoms with Gasteiger partial charge in [0.25, 0.3) is 0 Å². The van der Waals surface area contributed by atoms with E-state index in [1.807, 2.05) is 17.5 Å². The van der Waals surface area contributed by atoms with Crippen LogP contribution in [0.2, 0.25) is 0 Å². The number of thiophene rings is 1. The first-order valence-corrected chi connectivity index (χ1v) is 9.66. The van der Waals surface area contributed by atoms with Crippen LogP contribution in [0.5, 0.6) is 0 Å². The maximum atomic E-state index is 4.87. The number of nitrogens with one attached hydrogen (secondary N) is 2. The summed E-state index contributed by atoms with van der Waals surface area (Å²) in [6.45, 7) is 3.29. The monoisotopic (exact) mass is 348 g/mol. The number of benzene rings is 1. The van der Waals surface area contributed by atoms with Crippen molar-refractivity contribution in [3.8, 4) is 10.6 Å². The fourth-order valence-electron chi connectivity index (χ4n) is 3.74.